The van der Waals surface area contributed by atoms with Crippen LogP contribution in [0.2, 0.25) is 0 Å². The molecule has 1 aliphatic rings. The van der Waals surface area contributed by atoms with E-state index in [9.17, 15) is 4.79 Å². The molecule has 0 radical (unpaired) electrons. The van der Waals surface area contributed by atoms with E-state index in [-0.39, 0.29) is 12.7 Å². The minimum atomic E-state index is -0.131. The van der Waals surface area contributed by atoms with Crippen molar-refractivity contribution in [2.75, 3.05) is 13.1 Å². The van der Waals surface area contributed by atoms with Crippen LogP contribution in [0.3, 0.4) is 0 Å². The monoisotopic (exact) mass is 439 g/mol. The van der Waals surface area contributed by atoms with Crippen LogP contribution in [0, 0.1) is 11.8 Å². The molecule has 1 fully saturated rings. The predicted molar refractivity (Wildman–Crippen MR) is 127 cm³/mol. The summed E-state index contributed by atoms with van der Waals surface area (Å²) < 4.78 is 9.74. The maximum atomic E-state index is 12.4. The van der Waals surface area contributed by atoms with Crippen molar-refractivity contribution < 1.29 is 9.53 Å². The smallest absolute Gasteiger partial charge is 0.307 e. The number of fused-ring (bicyclic) bond motifs is 3. The van der Waals surface area contributed by atoms with Crippen LogP contribution in [0.15, 0.2) is 24.7 Å². The highest BCUT2D eigenvalue weighted by Gasteiger charge is 2.30. The summed E-state index contributed by atoms with van der Waals surface area (Å²) in [5.41, 5.74) is 3.93. The minimum absolute atomic E-state index is 0.131. The van der Waals surface area contributed by atoms with E-state index in [4.69, 9.17) is 4.74 Å². The Morgan fingerprint density at radius 3 is 2.88 bits per heavy atom. The average Bonchev–Trinajstić information content (AvgIpc) is 3.54. The van der Waals surface area contributed by atoms with Gasteiger partial charge in [0, 0.05) is 37.0 Å². The highest BCUT2D eigenvalue weighted by molar-refractivity contribution is 5.76. The van der Waals surface area contributed by atoms with Gasteiger partial charge in [-0.05, 0) is 30.9 Å². The fourth-order valence-electron chi connectivity index (χ4n) is 5.08. The number of unbranched alkanes of at least 4 members (excludes halogenated alkanes) is 1. The lowest BCUT2D eigenvalue weighted by Crippen LogP contribution is -2.13. The highest BCUT2D eigenvalue weighted by atomic mass is 16.5. The Balaban J connectivity index is 1.46. The van der Waals surface area contributed by atoms with Gasteiger partial charge in [-0.3, -0.25) is 13.8 Å². The summed E-state index contributed by atoms with van der Waals surface area (Å²) in [6.07, 6.45) is 13.1. The number of carbonyl (C=O) groups excluding carboxylic acids is 1. The Kier molecular flexibility index (Phi) is 7.45. The number of nitrogens with zero attached hydrogens (tertiary/aromatic N) is 4. The lowest BCUT2D eigenvalue weighted by atomic mass is 9.91. The molecule has 3 aromatic heterocycles. The van der Waals surface area contributed by atoms with E-state index in [1.165, 1.54) is 25.0 Å². The highest BCUT2D eigenvalue weighted by Crippen LogP contribution is 2.32. The first-order chi connectivity index (χ1) is 15.7. The fourth-order valence-corrected chi connectivity index (χ4v) is 5.08. The van der Waals surface area contributed by atoms with Crippen molar-refractivity contribution in [1.29, 1.82) is 0 Å². The molecule has 1 N–H and O–H groups in total. The van der Waals surface area contributed by atoms with Gasteiger partial charge in [-0.25, -0.2) is 9.97 Å². The SMILES string of the molecule is CCCCC(CC)CCC(=O)OCn1ccc2c1ncc1ncc([C@H]3CNC[C@H]3CC)n12. The zero-order valence-corrected chi connectivity index (χ0v) is 19.7. The lowest BCUT2D eigenvalue weighted by molar-refractivity contribution is -0.147. The molecule has 7 nitrogen and oxygen atoms in total. The zero-order chi connectivity index (χ0) is 22.5. The number of hydrogen-bond acceptors (Lipinski definition) is 5. The molecule has 0 bridgehead atoms. The number of esters is 1. The first-order valence-electron chi connectivity index (χ1n) is 12.3. The van der Waals surface area contributed by atoms with Gasteiger partial charge in [0.2, 0.25) is 0 Å². The maximum Gasteiger partial charge on any atom is 0.307 e. The molecule has 4 heterocycles. The molecule has 0 amide bonds. The molecular weight excluding hydrogens is 402 g/mol. The Morgan fingerprint density at radius 1 is 1.22 bits per heavy atom. The Morgan fingerprint density at radius 2 is 2.09 bits per heavy atom. The van der Waals surface area contributed by atoms with Crippen molar-refractivity contribution in [1.82, 2.24) is 24.3 Å². The number of aromatic nitrogens is 4. The average molecular weight is 440 g/mol. The normalized spacial score (nSPS) is 19.7. The van der Waals surface area contributed by atoms with E-state index in [0.29, 0.717) is 24.2 Å². The summed E-state index contributed by atoms with van der Waals surface area (Å²) in [6.45, 7) is 8.90. The number of imidazole rings is 1. The van der Waals surface area contributed by atoms with E-state index in [1.807, 2.05) is 23.2 Å². The van der Waals surface area contributed by atoms with Crippen LogP contribution in [0.1, 0.15) is 77.3 Å². The molecular formula is C25H37N5O2. The first kappa shape index (κ1) is 22.8. The third kappa shape index (κ3) is 4.68. The van der Waals surface area contributed by atoms with E-state index >= 15 is 0 Å². The van der Waals surface area contributed by atoms with Crippen LogP contribution in [0.5, 0.6) is 0 Å². The molecule has 1 unspecified atom stereocenters. The number of ether oxygens (including phenoxy) is 1. The second kappa shape index (κ2) is 10.5. The largest absolute Gasteiger partial charge is 0.444 e. The lowest BCUT2D eigenvalue weighted by Gasteiger charge is -2.17. The molecule has 1 aliphatic heterocycles. The Labute approximate surface area is 190 Å². The summed E-state index contributed by atoms with van der Waals surface area (Å²) >= 11 is 0. The number of carbonyl (C=O) groups is 1. The molecule has 3 atom stereocenters. The quantitative estimate of drug-likeness (QED) is 0.431. The Bertz CT molecular complexity index is 1040. The van der Waals surface area contributed by atoms with Gasteiger partial charge < -0.3 is 10.1 Å². The van der Waals surface area contributed by atoms with Crippen molar-refractivity contribution >= 4 is 22.8 Å². The standard InChI is InChI=1S/C25H37N5O2/c1-4-7-8-18(5-2)9-10-24(31)32-17-29-12-11-21-25(29)28-16-23-27-15-22(30(21)23)20-14-26-13-19(20)6-3/h11-12,15-16,18-20,26H,4-10,13-14,17H2,1-3H3/t18?,19-,20+/m1/s1. The molecule has 1 saturated heterocycles. The molecule has 174 valence electrons. The molecule has 3 aromatic rings. The number of hydrogen-bond donors (Lipinski definition) is 1. The molecule has 0 saturated carbocycles. The third-order valence-electron chi connectivity index (χ3n) is 7.18. The molecule has 32 heavy (non-hydrogen) atoms. The van der Waals surface area contributed by atoms with Gasteiger partial charge in [0.25, 0.3) is 0 Å². The van der Waals surface area contributed by atoms with Crippen LogP contribution >= 0.6 is 0 Å². The topological polar surface area (TPSA) is 73.5 Å². The van der Waals surface area contributed by atoms with E-state index in [1.54, 1.807) is 0 Å². The van der Waals surface area contributed by atoms with Crippen LogP contribution in [0.25, 0.3) is 16.8 Å². The molecule has 0 aliphatic carbocycles. The van der Waals surface area contributed by atoms with E-state index < -0.39 is 0 Å². The second-order valence-corrected chi connectivity index (χ2v) is 9.16. The summed E-state index contributed by atoms with van der Waals surface area (Å²) in [5.74, 6) is 1.54. The van der Waals surface area contributed by atoms with Gasteiger partial charge in [-0.15, -0.1) is 0 Å². The molecule has 0 aromatic carbocycles. The summed E-state index contributed by atoms with van der Waals surface area (Å²) in [5, 5.41) is 3.53. The van der Waals surface area contributed by atoms with Gasteiger partial charge in [-0.1, -0.05) is 52.9 Å². The van der Waals surface area contributed by atoms with Crippen LogP contribution in [-0.2, 0) is 16.3 Å². The first-order valence-corrected chi connectivity index (χ1v) is 12.3. The van der Waals surface area contributed by atoms with Gasteiger partial charge in [-0.2, -0.15) is 0 Å². The summed E-state index contributed by atoms with van der Waals surface area (Å²) in [4.78, 5) is 21.6. The predicted octanol–water partition coefficient (Wildman–Crippen LogP) is 4.89. The second-order valence-electron chi connectivity index (χ2n) is 9.16. The maximum absolute atomic E-state index is 12.4. The van der Waals surface area contributed by atoms with Crippen LogP contribution in [-0.4, -0.2) is 38.0 Å². The van der Waals surface area contributed by atoms with Crippen molar-refractivity contribution in [2.45, 2.75) is 78.4 Å². The zero-order valence-electron chi connectivity index (χ0n) is 19.7. The van der Waals surface area contributed by atoms with Gasteiger partial charge in [0.05, 0.1) is 11.7 Å². The van der Waals surface area contributed by atoms with E-state index in [0.717, 1.165) is 49.2 Å². The van der Waals surface area contributed by atoms with Crippen molar-refractivity contribution in [3.05, 3.63) is 30.4 Å². The van der Waals surface area contributed by atoms with Crippen LogP contribution < -0.4 is 5.32 Å². The molecule has 7 heteroatoms. The third-order valence-corrected chi connectivity index (χ3v) is 7.18. The van der Waals surface area contributed by atoms with Crippen LogP contribution in [0.4, 0.5) is 0 Å². The van der Waals surface area contributed by atoms with Gasteiger partial charge in [0.15, 0.2) is 18.0 Å². The van der Waals surface area contributed by atoms with Gasteiger partial charge in [0.1, 0.15) is 0 Å². The fraction of sp³-hybridized carbons (Fsp3) is 0.640. The van der Waals surface area contributed by atoms with Crippen molar-refractivity contribution in [2.24, 2.45) is 11.8 Å². The van der Waals surface area contributed by atoms with Crippen molar-refractivity contribution in [3.63, 3.8) is 0 Å². The summed E-state index contributed by atoms with van der Waals surface area (Å²) in [6, 6.07) is 2.05. The Hall–Kier alpha value is -2.41. The summed E-state index contributed by atoms with van der Waals surface area (Å²) in [7, 11) is 0. The van der Waals surface area contributed by atoms with Gasteiger partial charge >= 0.3 is 5.97 Å². The number of nitrogens with one attached hydrogen (secondary N) is 1. The minimum Gasteiger partial charge on any atom is -0.444 e. The van der Waals surface area contributed by atoms with E-state index in [2.05, 4.69) is 46.5 Å². The molecule has 0 spiro atoms. The number of rotatable bonds is 11. The van der Waals surface area contributed by atoms with Crippen molar-refractivity contribution in [3.8, 4) is 0 Å². The molecule has 4 rings (SSSR count).